The number of ether oxygens (including phenoxy) is 1. The van der Waals surface area contributed by atoms with E-state index in [-0.39, 0.29) is 18.2 Å². The molecule has 4 nitrogen and oxygen atoms in total. The Morgan fingerprint density at radius 2 is 1.76 bits per heavy atom. The van der Waals surface area contributed by atoms with Crippen LogP contribution in [-0.4, -0.2) is 44.6 Å². The highest BCUT2D eigenvalue weighted by Gasteiger charge is 2.48. The van der Waals surface area contributed by atoms with Crippen LogP contribution in [-0.2, 0) is 9.16 Å². The summed E-state index contributed by atoms with van der Waals surface area (Å²) in [5.74, 6) is 0.398. The maximum absolute atomic E-state index is 12.1. The van der Waals surface area contributed by atoms with Gasteiger partial charge in [-0.25, -0.2) is 4.79 Å². The molecule has 5 heteroatoms. The van der Waals surface area contributed by atoms with Gasteiger partial charge in [-0.1, -0.05) is 41.5 Å². The van der Waals surface area contributed by atoms with Crippen LogP contribution in [0.15, 0.2) is 0 Å². The van der Waals surface area contributed by atoms with Crippen molar-refractivity contribution in [2.24, 2.45) is 5.92 Å². The quantitative estimate of drug-likeness (QED) is 0.628. The van der Waals surface area contributed by atoms with E-state index in [2.05, 4.69) is 34.6 Å². The van der Waals surface area contributed by atoms with E-state index in [0.29, 0.717) is 19.1 Å². The zero-order valence-electron chi connectivity index (χ0n) is 14.6. The number of carbonyl (C=O) groups excluding carboxylic acids is 1. The van der Waals surface area contributed by atoms with Crippen LogP contribution >= 0.6 is 0 Å². The molecule has 0 saturated carbocycles. The Balaban J connectivity index is 2.68. The zero-order valence-corrected chi connectivity index (χ0v) is 15.6. The Hall–Kier alpha value is -0.553. The van der Waals surface area contributed by atoms with Crippen LogP contribution in [0.3, 0.4) is 0 Å². The maximum Gasteiger partial charge on any atom is 0.410 e. The Labute approximate surface area is 131 Å². The van der Waals surface area contributed by atoms with Gasteiger partial charge in [0.15, 0.2) is 8.32 Å². The topological polar surface area (TPSA) is 38.8 Å². The number of rotatable bonds is 8. The van der Waals surface area contributed by atoms with Gasteiger partial charge in [-0.3, -0.25) is 4.90 Å². The van der Waals surface area contributed by atoms with E-state index < -0.39 is 8.32 Å². The summed E-state index contributed by atoms with van der Waals surface area (Å²) >= 11 is 0. The van der Waals surface area contributed by atoms with Gasteiger partial charge in [0.2, 0.25) is 0 Å². The van der Waals surface area contributed by atoms with Crippen LogP contribution < -0.4 is 0 Å². The van der Waals surface area contributed by atoms with Gasteiger partial charge in [-0.2, -0.15) is 0 Å². The summed E-state index contributed by atoms with van der Waals surface area (Å²) in [6.45, 7) is 14.3. The molecule has 21 heavy (non-hydrogen) atoms. The molecule has 0 N–H and O–H groups in total. The standard InChI is InChI=1S/C16H33NO3Si/c1-7-11-19-16(18)17-12-14(15(17)13(5)6)20-21(8-2,9-3)10-4/h13-15H,7-12H2,1-6H3. The molecule has 1 aliphatic rings. The van der Waals surface area contributed by atoms with Crippen molar-refractivity contribution in [1.82, 2.24) is 4.90 Å². The summed E-state index contributed by atoms with van der Waals surface area (Å²) in [5.41, 5.74) is 0. The fraction of sp³-hybridized carbons (Fsp3) is 0.938. The molecule has 2 atom stereocenters. The molecule has 1 aliphatic heterocycles. The minimum Gasteiger partial charge on any atom is -0.449 e. The second-order valence-electron chi connectivity index (χ2n) is 6.40. The Bertz CT molecular complexity index is 323. The lowest BCUT2D eigenvalue weighted by Gasteiger charge is -2.52. The van der Waals surface area contributed by atoms with Crippen LogP contribution in [0.2, 0.25) is 18.1 Å². The molecule has 0 spiro atoms. The summed E-state index contributed by atoms with van der Waals surface area (Å²) in [7, 11) is -1.61. The van der Waals surface area contributed by atoms with Crippen molar-refractivity contribution in [3.8, 4) is 0 Å². The van der Waals surface area contributed by atoms with Gasteiger partial charge in [0.25, 0.3) is 0 Å². The van der Waals surface area contributed by atoms with Gasteiger partial charge < -0.3 is 9.16 Å². The molecule has 1 rings (SSSR count). The number of hydrogen-bond donors (Lipinski definition) is 0. The first-order chi connectivity index (χ1) is 9.94. The van der Waals surface area contributed by atoms with Crippen molar-refractivity contribution in [2.75, 3.05) is 13.2 Å². The predicted molar refractivity (Wildman–Crippen MR) is 89.0 cm³/mol. The lowest BCUT2D eigenvalue weighted by molar-refractivity contribution is -0.0636. The molecule has 124 valence electrons. The Morgan fingerprint density at radius 3 is 2.19 bits per heavy atom. The first kappa shape index (κ1) is 18.5. The Morgan fingerprint density at radius 1 is 1.19 bits per heavy atom. The molecule has 0 aromatic heterocycles. The van der Waals surface area contributed by atoms with Crippen molar-refractivity contribution < 1.29 is 14.0 Å². The second kappa shape index (κ2) is 8.18. The number of carbonyl (C=O) groups is 1. The molecule has 0 aliphatic carbocycles. The lowest BCUT2D eigenvalue weighted by atomic mass is 9.89. The summed E-state index contributed by atoms with van der Waals surface area (Å²) in [6, 6.07) is 3.64. The van der Waals surface area contributed by atoms with Crippen LogP contribution in [0.5, 0.6) is 0 Å². The molecule has 1 saturated heterocycles. The van der Waals surface area contributed by atoms with Crippen LogP contribution in [0.4, 0.5) is 4.79 Å². The molecule has 2 unspecified atom stereocenters. The number of hydrogen-bond acceptors (Lipinski definition) is 3. The van der Waals surface area contributed by atoms with E-state index in [9.17, 15) is 4.79 Å². The van der Waals surface area contributed by atoms with Crippen molar-refractivity contribution >= 4 is 14.4 Å². The zero-order chi connectivity index (χ0) is 16.0. The summed E-state index contributed by atoms with van der Waals surface area (Å²) in [4.78, 5) is 13.9. The van der Waals surface area contributed by atoms with E-state index >= 15 is 0 Å². The summed E-state index contributed by atoms with van der Waals surface area (Å²) in [5, 5.41) is 0. The SMILES string of the molecule is CCCOC(=O)N1CC(O[Si](CC)(CC)CC)C1C(C)C. The first-order valence-corrected chi connectivity index (χ1v) is 11.1. The number of amides is 1. The highest BCUT2D eigenvalue weighted by molar-refractivity contribution is 6.73. The fourth-order valence-corrected chi connectivity index (χ4v) is 6.03. The molecule has 1 heterocycles. The van der Waals surface area contributed by atoms with Gasteiger partial charge in [-0.05, 0) is 30.5 Å². The summed E-state index contributed by atoms with van der Waals surface area (Å²) in [6.07, 6.45) is 0.890. The van der Waals surface area contributed by atoms with Gasteiger partial charge in [0.05, 0.1) is 25.3 Å². The minimum absolute atomic E-state index is 0.172. The van der Waals surface area contributed by atoms with E-state index in [1.165, 1.54) is 0 Å². The van der Waals surface area contributed by atoms with Crippen molar-refractivity contribution in [2.45, 2.75) is 78.2 Å². The van der Waals surface area contributed by atoms with Gasteiger partial charge in [0.1, 0.15) is 0 Å². The molecule has 0 bridgehead atoms. The summed E-state index contributed by atoms with van der Waals surface area (Å²) < 4.78 is 11.8. The van der Waals surface area contributed by atoms with Crippen molar-refractivity contribution in [3.63, 3.8) is 0 Å². The van der Waals surface area contributed by atoms with Crippen LogP contribution in [0.25, 0.3) is 0 Å². The van der Waals surface area contributed by atoms with Crippen LogP contribution in [0.1, 0.15) is 48.0 Å². The molecular formula is C16H33NO3Si. The van der Waals surface area contributed by atoms with Gasteiger partial charge >= 0.3 is 6.09 Å². The van der Waals surface area contributed by atoms with E-state index in [4.69, 9.17) is 9.16 Å². The predicted octanol–water partition coefficient (Wildman–Crippen LogP) is 4.26. The third kappa shape index (κ3) is 4.22. The molecule has 1 fully saturated rings. The average Bonchev–Trinajstić information content (AvgIpc) is 2.44. The molecule has 0 radical (unpaired) electrons. The van der Waals surface area contributed by atoms with Crippen LogP contribution in [0, 0.1) is 5.92 Å². The molecule has 0 aromatic rings. The number of likely N-dealkylation sites (tertiary alicyclic amines) is 1. The molecule has 0 aromatic carbocycles. The van der Waals surface area contributed by atoms with Gasteiger partial charge in [0, 0.05) is 0 Å². The third-order valence-corrected chi connectivity index (χ3v) is 9.47. The average molecular weight is 316 g/mol. The maximum atomic E-state index is 12.1. The fourth-order valence-electron chi connectivity index (χ4n) is 3.17. The van der Waals surface area contributed by atoms with Gasteiger partial charge in [-0.15, -0.1) is 0 Å². The Kier molecular flexibility index (Phi) is 7.20. The van der Waals surface area contributed by atoms with Crippen molar-refractivity contribution in [3.05, 3.63) is 0 Å². The number of nitrogens with zero attached hydrogens (tertiary/aromatic N) is 1. The highest BCUT2D eigenvalue weighted by Crippen LogP contribution is 2.33. The highest BCUT2D eigenvalue weighted by atomic mass is 28.4. The largest absolute Gasteiger partial charge is 0.449 e. The smallest absolute Gasteiger partial charge is 0.410 e. The minimum atomic E-state index is -1.61. The molecular weight excluding hydrogens is 282 g/mol. The van der Waals surface area contributed by atoms with E-state index in [1.807, 2.05) is 11.8 Å². The third-order valence-electron chi connectivity index (χ3n) is 4.80. The van der Waals surface area contributed by atoms with Crippen molar-refractivity contribution in [1.29, 1.82) is 0 Å². The van der Waals surface area contributed by atoms with E-state index in [1.54, 1.807) is 0 Å². The molecule has 1 amide bonds. The second-order valence-corrected chi connectivity index (χ2v) is 11.1. The lowest BCUT2D eigenvalue weighted by Crippen LogP contribution is -2.67. The first-order valence-electron chi connectivity index (χ1n) is 8.55. The monoisotopic (exact) mass is 315 g/mol. The van der Waals surface area contributed by atoms with E-state index in [0.717, 1.165) is 24.6 Å². The normalized spacial score (nSPS) is 22.3.